The Morgan fingerprint density at radius 2 is 1.77 bits per heavy atom. The van der Waals surface area contributed by atoms with Crippen LogP contribution < -0.4 is 5.19 Å². The highest BCUT2D eigenvalue weighted by atomic mass is 28.3. The number of hydrogen-bond donors (Lipinski definition) is 0. The fourth-order valence-electron chi connectivity index (χ4n) is 1.12. The summed E-state index contributed by atoms with van der Waals surface area (Å²) in [5, 5.41) is 1.33. The van der Waals surface area contributed by atoms with Crippen molar-refractivity contribution < 1.29 is 0 Å². The molecule has 0 aromatic heterocycles. The van der Waals surface area contributed by atoms with E-state index in [1.807, 2.05) is 18.2 Å². The molecule has 13 heavy (non-hydrogen) atoms. The highest BCUT2D eigenvalue weighted by Gasteiger charge is 2.19. The molecule has 64 valence electrons. The minimum atomic E-state index is -1.60. The van der Waals surface area contributed by atoms with Gasteiger partial charge in [0.25, 0.3) is 0 Å². The lowest BCUT2D eigenvalue weighted by Gasteiger charge is -2.14. The molecule has 0 unspecified atom stereocenters. The van der Waals surface area contributed by atoms with Gasteiger partial charge in [0.2, 0.25) is 0 Å². The molecule has 0 bridgehead atoms. The van der Waals surface area contributed by atoms with Crippen molar-refractivity contribution in [3.8, 4) is 23.8 Å². The lowest BCUT2D eigenvalue weighted by Crippen LogP contribution is -2.39. The predicted octanol–water partition coefficient (Wildman–Crippen LogP) is 1.78. The lowest BCUT2D eigenvalue weighted by atomic mass is 10.4. The molecule has 1 aromatic carbocycles. The Bertz CT molecular complexity index is 371. The minimum absolute atomic E-state index is 1.33. The first-order chi connectivity index (χ1) is 6.17. The molecule has 0 saturated carbocycles. The second kappa shape index (κ2) is 3.98. The second-order valence-corrected chi connectivity index (χ2v) is 7.46. The van der Waals surface area contributed by atoms with E-state index < -0.39 is 8.07 Å². The third-order valence-corrected chi connectivity index (χ3v) is 4.47. The number of benzene rings is 1. The summed E-state index contributed by atoms with van der Waals surface area (Å²) < 4.78 is 0. The van der Waals surface area contributed by atoms with Crippen molar-refractivity contribution in [1.82, 2.24) is 0 Å². The van der Waals surface area contributed by atoms with Crippen LogP contribution in [0.25, 0.3) is 0 Å². The quantitative estimate of drug-likeness (QED) is 0.461. The Hall–Kier alpha value is -1.44. The molecule has 1 aromatic rings. The Morgan fingerprint density at radius 1 is 1.15 bits per heavy atom. The van der Waals surface area contributed by atoms with Crippen molar-refractivity contribution in [3.05, 3.63) is 30.3 Å². The topological polar surface area (TPSA) is 0 Å². The summed E-state index contributed by atoms with van der Waals surface area (Å²) in [6, 6.07) is 10.3. The summed E-state index contributed by atoms with van der Waals surface area (Å²) in [6.45, 7) is 4.40. The summed E-state index contributed by atoms with van der Waals surface area (Å²) >= 11 is 0. The fraction of sp³-hybridized carbons (Fsp3) is 0.167. The third kappa shape index (κ3) is 2.51. The van der Waals surface area contributed by atoms with E-state index in [1.54, 1.807) is 0 Å². The van der Waals surface area contributed by atoms with Gasteiger partial charge < -0.3 is 0 Å². The van der Waals surface area contributed by atoms with Gasteiger partial charge in [-0.3, -0.25) is 0 Å². The van der Waals surface area contributed by atoms with Crippen molar-refractivity contribution >= 4 is 13.3 Å². The molecule has 0 atom stereocenters. The first kappa shape index (κ1) is 9.64. The lowest BCUT2D eigenvalue weighted by molar-refractivity contribution is 1.72. The summed E-state index contributed by atoms with van der Waals surface area (Å²) in [5.74, 6) is 5.09. The van der Waals surface area contributed by atoms with Gasteiger partial charge in [-0.15, -0.1) is 12.0 Å². The summed E-state index contributed by atoms with van der Waals surface area (Å²) in [7, 11) is -1.60. The van der Waals surface area contributed by atoms with Gasteiger partial charge in [0.15, 0.2) is 8.07 Å². The number of rotatable bonds is 1. The highest BCUT2D eigenvalue weighted by Crippen LogP contribution is 2.00. The highest BCUT2D eigenvalue weighted by molar-refractivity contribution is 6.96. The summed E-state index contributed by atoms with van der Waals surface area (Å²) in [5.41, 5.74) is 3.18. The molecule has 0 amide bonds. The number of terminal acetylenes is 1. The summed E-state index contributed by atoms with van der Waals surface area (Å²) in [4.78, 5) is 0. The number of hydrogen-bond acceptors (Lipinski definition) is 0. The van der Waals surface area contributed by atoms with E-state index in [1.165, 1.54) is 5.19 Å². The van der Waals surface area contributed by atoms with Crippen LogP contribution in [-0.4, -0.2) is 8.07 Å². The summed E-state index contributed by atoms with van der Waals surface area (Å²) in [6.07, 6.45) is 5.11. The third-order valence-electron chi connectivity index (χ3n) is 1.94. The molecule has 0 heterocycles. The van der Waals surface area contributed by atoms with Crippen molar-refractivity contribution in [2.24, 2.45) is 0 Å². The molecule has 0 aliphatic carbocycles. The maximum absolute atomic E-state index is 5.11. The van der Waals surface area contributed by atoms with Gasteiger partial charge in [-0.25, -0.2) is 0 Å². The van der Waals surface area contributed by atoms with Gasteiger partial charge in [0, 0.05) is 0 Å². The van der Waals surface area contributed by atoms with Crippen LogP contribution in [0.5, 0.6) is 0 Å². The predicted molar refractivity (Wildman–Crippen MR) is 60.2 cm³/mol. The van der Waals surface area contributed by atoms with Crippen molar-refractivity contribution in [3.63, 3.8) is 0 Å². The van der Waals surface area contributed by atoms with E-state index in [0.717, 1.165) is 0 Å². The average molecular weight is 184 g/mol. The zero-order valence-electron chi connectivity index (χ0n) is 7.96. The molecule has 0 nitrogen and oxygen atoms in total. The molecule has 0 saturated heterocycles. The van der Waals surface area contributed by atoms with Crippen LogP contribution in [0.2, 0.25) is 13.1 Å². The molecule has 1 rings (SSSR count). The average Bonchev–Trinajstić information content (AvgIpc) is 2.16. The van der Waals surface area contributed by atoms with E-state index in [0.29, 0.717) is 0 Å². The molecule has 0 aliphatic rings. The normalized spacial score (nSPS) is 9.62. The van der Waals surface area contributed by atoms with Gasteiger partial charge in [-0.1, -0.05) is 43.4 Å². The van der Waals surface area contributed by atoms with Gasteiger partial charge in [0.05, 0.1) is 0 Å². The van der Waals surface area contributed by atoms with Crippen molar-refractivity contribution in [1.29, 1.82) is 0 Å². The van der Waals surface area contributed by atoms with Gasteiger partial charge in [-0.05, 0) is 17.0 Å². The van der Waals surface area contributed by atoms with Gasteiger partial charge in [0.1, 0.15) is 0 Å². The van der Waals surface area contributed by atoms with Crippen LogP contribution in [0.3, 0.4) is 0 Å². The standard InChI is InChI=1S/C12H12Si/c1-4-5-11-13(2,3)12-9-7-6-8-10-12/h1,6-10H,2-3H3. The smallest absolute Gasteiger partial charge is 0.112 e. The van der Waals surface area contributed by atoms with E-state index in [-0.39, 0.29) is 0 Å². The molecule has 0 aliphatic heterocycles. The SMILES string of the molecule is C#CC#C[Si](C)(C)c1ccccc1. The van der Waals surface area contributed by atoms with Crippen LogP contribution in [-0.2, 0) is 0 Å². The second-order valence-electron chi connectivity index (χ2n) is 3.39. The minimum Gasteiger partial charge on any atom is -0.112 e. The molecular formula is C12H12Si. The van der Waals surface area contributed by atoms with Crippen LogP contribution in [0.1, 0.15) is 0 Å². The zero-order chi connectivity index (χ0) is 9.73. The maximum Gasteiger partial charge on any atom is 0.164 e. The van der Waals surface area contributed by atoms with Crippen LogP contribution in [0.15, 0.2) is 30.3 Å². The molecule has 1 heteroatoms. The molecular weight excluding hydrogens is 172 g/mol. The first-order valence-electron chi connectivity index (χ1n) is 4.20. The largest absolute Gasteiger partial charge is 0.164 e. The Morgan fingerprint density at radius 3 is 2.31 bits per heavy atom. The van der Waals surface area contributed by atoms with E-state index in [9.17, 15) is 0 Å². The first-order valence-corrected chi connectivity index (χ1v) is 7.20. The molecule has 0 N–H and O–H groups in total. The van der Waals surface area contributed by atoms with E-state index in [4.69, 9.17) is 6.42 Å². The molecule has 0 radical (unpaired) electrons. The van der Waals surface area contributed by atoms with Crippen LogP contribution in [0, 0.1) is 23.8 Å². The Kier molecular flexibility index (Phi) is 2.96. The maximum atomic E-state index is 5.11. The monoisotopic (exact) mass is 184 g/mol. The van der Waals surface area contributed by atoms with E-state index >= 15 is 0 Å². The van der Waals surface area contributed by atoms with E-state index in [2.05, 4.69) is 42.6 Å². The Balaban J connectivity index is 3.02. The zero-order valence-corrected chi connectivity index (χ0v) is 8.96. The Labute approximate surface area is 81.0 Å². The van der Waals surface area contributed by atoms with Gasteiger partial charge in [-0.2, -0.15) is 0 Å². The van der Waals surface area contributed by atoms with Gasteiger partial charge >= 0.3 is 0 Å². The van der Waals surface area contributed by atoms with Crippen LogP contribution in [0.4, 0.5) is 0 Å². The van der Waals surface area contributed by atoms with Crippen molar-refractivity contribution in [2.45, 2.75) is 13.1 Å². The molecule has 0 fully saturated rings. The van der Waals surface area contributed by atoms with Crippen molar-refractivity contribution in [2.75, 3.05) is 0 Å². The van der Waals surface area contributed by atoms with Crippen LogP contribution >= 0.6 is 0 Å². The fourth-order valence-corrected chi connectivity index (χ4v) is 2.67. The molecule has 0 spiro atoms.